The van der Waals surface area contributed by atoms with Gasteiger partial charge in [-0.2, -0.15) is 0 Å². The third-order valence-electron chi connectivity index (χ3n) is 6.74. The minimum absolute atomic E-state index is 0.236. The van der Waals surface area contributed by atoms with Gasteiger partial charge in [-0.3, -0.25) is 0 Å². The Morgan fingerprint density at radius 2 is 1.80 bits per heavy atom. The quantitative estimate of drug-likeness (QED) is 0.269. The summed E-state index contributed by atoms with van der Waals surface area (Å²) in [5, 5.41) is 5.50. The van der Waals surface area contributed by atoms with Gasteiger partial charge in [0.05, 0.1) is 5.52 Å². The lowest BCUT2D eigenvalue weighted by molar-refractivity contribution is 0.146. The van der Waals surface area contributed by atoms with Crippen LogP contribution in [0.4, 0.5) is 8.78 Å². The highest BCUT2D eigenvalue weighted by Crippen LogP contribution is 2.54. The summed E-state index contributed by atoms with van der Waals surface area (Å²) in [7, 11) is 0. The minimum atomic E-state index is -2.66. The van der Waals surface area contributed by atoms with Crippen LogP contribution in [-0.2, 0) is 0 Å². The molecule has 0 amide bonds. The van der Waals surface area contributed by atoms with E-state index >= 15 is 0 Å². The van der Waals surface area contributed by atoms with Crippen molar-refractivity contribution in [3.05, 3.63) is 89.6 Å². The van der Waals surface area contributed by atoms with Crippen LogP contribution in [0.2, 0.25) is 0 Å². The molecule has 5 nitrogen and oxygen atoms in total. The second-order valence-corrected chi connectivity index (χ2v) is 10.1. The molecule has 0 bridgehead atoms. The van der Waals surface area contributed by atoms with Crippen molar-refractivity contribution >= 4 is 37.4 Å². The van der Waals surface area contributed by atoms with E-state index in [0.717, 1.165) is 33.4 Å². The molecule has 0 N–H and O–H groups in total. The van der Waals surface area contributed by atoms with Crippen LogP contribution < -0.4 is 0 Å². The van der Waals surface area contributed by atoms with Crippen molar-refractivity contribution in [1.82, 2.24) is 24.6 Å². The first kappa shape index (κ1) is 20.6. The first-order chi connectivity index (χ1) is 17.1. The van der Waals surface area contributed by atoms with Crippen molar-refractivity contribution in [1.29, 1.82) is 0 Å². The van der Waals surface area contributed by atoms with Crippen LogP contribution in [0.15, 0.2) is 67.0 Å². The molecule has 0 spiro atoms. The van der Waals surface area contributed by atoms with E-state index in [1.165, 1.54) is 28.5 Å². The van der Waals surface area contributed by atoms with Gasteiger partial charge in [-0.05, 0) is 42.0 Å². The average Bonchev–Trinajstić information content (AvgIpc) is 3.39. The molecular weight excluding hydrogens is 464 g/mol. The Labute approximate surface area is 203 Å². The first-order valence-electron chi connectivity index (χ1n) is 11.5. The van der Waals surface area contributed by atoms with Gasteiger partial charge < -0.3 is 0 Å². The lowest BCUT2D eigenvalue weighted by Gasteiger charge is -2.07. The second-order valence-electron chi connectivity index (χ2n) is 9.06. The number of nitrogens with zero attached hydrogens (tertiary/aromatic N) is 5. The van der Waals surface area contributed by atoms with E-state index in [0.29, 0.717) is 22.0 Å². The third-order valence-corrected chi connectivity index (χ3v) is 7.81. The highest BCUT2D eigenvalue weighted by molar-refractivity contribution is 7.26. The largest absolute Gasteiger partial charge is 0.280 e. The van der Waals surface area contributed by atoms with Gasteiger partial charge in [-0.15, -0.1) is 16.4 Å². The highest BCUT2D eigenvalue weighted by atomic mass is 32.1. The predicted molar refractivity (Wildman–Crippen MR) is 133 cm³/mol. The Morgan fingerprint density at radius 1 is 1.00 bits per heavy atom. The Kier molecular flexibility index (Phi) is 4.48. The fourth-order valence-corrected chi connectivity index (χ4v) is 5.98. The van der Waals surface area contributed by atoms with E-state index in [1.807, 2.05) is 30.3 Å². The zero-order chi connectivity index (χ0) is 23.7. The maximum absolute atomic E-state index is 13.7. The van der Waals surface area contributed by atoms with Crippen molar-refractivity contribution in [2.75, 3.05) is 0 Å². The number of aryl methyl sites for hydroxylation is 1. The number of rotatable bonds is 4. The second kappa shape index (κ2) is 7.61. The predicted octanol–water partition coefficient (Wildman–Crippen LogP) is 7.07. The molecule has 172 valence electrons. The number of hydrogen-bond donors (Lipinski definition) is 0. The Balaban J connectivity index is 1.39. The molecule has 1 aliphatic carbocycles. The number of hydrogen-bond acceptors (Lipinski definition) is 5. The van der Waals surface area contributed by atoms with Gasteiger partial charge >= 0.3 is 0 Å². The fourth-order valence-electron chi connectivity index (χ4n) is 4.84. The van der Waals surface area contributed by atoms with E-state index in [2.05, 4.69) is 41.2 Å². The summed E-state index contributed by atoms with van der Waals surface area (Å²) in [6, 6.07) is 19.6. The van der Waals surface area contributed by atoms with Gasteiger partial charge in [0.15, 0.2) is 11.5 Å². The maximum atomic E-state index is 13.7. The summed E-state index contributed by atoms with van der Waals surface area (Å²) in [5.41, 5.74) is 5.28. The van der Waals surface area contributed by atoms with Crippen LogP contribution >= 0.6 is 11.3 Å². The molecule has 0 unspecified atom stereocenters. The summed E-state index contributed by atoms with van der Waals surface area (Å²) in [6.45, 7) is 2.09. The van der Waals surface area contributed by atoms with E-state index in [-0.39, 0.29) is 11.6 Å². The summed E-state index contributed by atoms with van der Waals surface area (Å²) in [6.07, 6.45) is 0.0214. The molecule has 35 heavy (non-hydrogen) atoms. The smallest absolute Gasteiger partial charge is 0.236 e. The molecule has 0 radical (unpaired) electrons. The number of halogens is 2. The van der Waals surface area contributed by atoms with E-state index in [9.17, 15) is 8.78 Å². The normalized spacial score (nSPS) is 17.7. The third kappa shape index (κ3) is 3.31. The van der Waals surface area contributed by atoms with Crippen molar-refractivity contribution in [2.24, 2.45) is 0 Å². The molecule has 0 aliphatic heterocycles. The molecular formula is C27H19F2N5S. The molecule has 0 saturated heterocycles. The summed E-state index contributed by atoms with van der Waals surface area (Å²) < 4.78 is 29.9. The van der Waals surface area contributed by atoms with Gasteiger partial charge in [-0.25, -0.2) is 28.2 Å². The molecule has 4 heterocycles. The molecule has 4 aromatic heterocycles. The Hall–Kier alpha value is -3.78. The molecule has 2 aromatic carbocycles. The van der Waals surface area contributed by atoms with E-state index in [4.69, 9.17) is 10.1 Å². The Bertz CT molecular complexity index is 1720. The number of alkyl halides is 2. The molecule has 6 aromatic rings. The van der Waals surface area contributed by atoms with Crippen molar-refractivity contribution in [3.63, 3.8) is 0 Å². The number of fused-ring (bicyclic) bond motifs is 5. The van der Waals surface area contributed by atoms with E-state index in [1.54, 1.807) is 10.8 Å². The van der Waals surface area contributed by atoms with Gasteiger partial charge in [0.25, 0.3) is 6.43 Å². The van der Waals surface area contributed by atoms with Gasteiger partial charge in [0, 0.05) is 11.3 Å². The topological polar surface area (TPSA) is 56.0 Å². The number of aromatic nitrogens is 5. The van der Waals surface area contributed by atoms with Crippen molar-refractivity contribution in [3.8, 4) is 11.1 Å². The minimum Gasteiger partial charge on any atom is -0.236 e. The van der Waals surface area contributed by atoms with Crippen LogP contribution in [0.5, 0.6) is 0 Å². The maximum Gasteiger partial charge on any atom is 0.280 e. The van der Waals surface area contributed by atoms with Crippen LogP contribution in [0.1, 0.15) is 47.3 Å². The molecule has 1 aliphatic rings. The monoisotopic (exact) mass is 483 g/mol. The molecule has 2 atom stereocenters. The van der Waals surface area contributed by atoms with Crippen molar-refractivity contribution in [2.45, 2.75) is 31.6 Å². The Morgan fingerprint density at radius 3 is 2.57 bits per heavy atom. The standard InChI is InChI=1S/C27H19F2N5S/c1-14-7-9-16(10-8-14)17-11-19(17)25-32-26-23-22(30-13-34(26)33-25)21-18(15-5-3-2-4-6-15)12-20(24(28)29)31-27(21)35-23/h2-10,12-13,17,19,24H,11H2,1H3/t17-,19+/m1/s1. The van der Waals surface area contributed by atoms with Crippen LogP contribution in [0, 0.1) is 6.92 Å². The molecule has 1 fully saturated rings. The highest BCUT2D eigenvalue weighted by Gasteiger charge is 2.42. The zero-order valence-electron chi connectivity index (χ0n) is 18.7. The summed E-state index contributed by atoms with van der Waals surface area (Å²) >= 11 is 1.35. The molecule has 8 heteroatoms. The number of pyridine rings is 1. The summed E-state index contributed by atoms with van der Waals surface area (Å²) in [5.74, 6) is 1.48. The number of benzene rings is 2. The summed E-state index contributed by atoms with van der Waals surface area (Å²) in [4.78, 5) is 14.4. The van der Waals surface area contributed by atoms with E-state index < -0.39 is 6.43 Å². The first-order valence-corrected chi connectivity index (χ1v) is 12.3. The SMILES string of the molecule is Cc1ccc([C@H]2C[C@@H]2c2nc3c4sc5nc(C(F)F)cc(-c6ccccc6)c5c4ncn3n2)cc1. The lowest BCUT2D eigenvalue weighted by Crippen LogP contribution is -1.93. The van der Waals surface area contributed by atoms with Crippen LogP contribution in [0.25, 0.3) is 37.2 Å². The van der Waals surface area contributed by atoms with Crippen molar-refractivity contribution < 1.29 is 8.78 Å². The zero-order valence-corrected chi connectivity index (χ0v) is 19.5. The van der Waals surface area contributed by atoms with Crippen LogP contribution in [0.3, 0.4) is 0 Å². The van der Waals surface area contributed by atoms with Gasteiger partial charge in [0.1, 0.15) is 21.6 Å². The fraction of sp³-hybridized carbons (Fsp3) is 0.185. The number of thiophene rings is 1. The molecule has 1 saturated carbocycles. The van der Waals surface area contributed by atoms with Gasteiger partial charge in [-0.1, -0.05) is 60.2 Å². The van der Waals surface area contributed by atoms with Gasteiger partial charge in [0.2, 0.25) is 0 Å². The average molecular weight is 484 g/mol. The molecule has 7 rings (SSSR count). The van der Waals surface area contributed by atoms with Crippen LogP contribution in [-0.4, -0.2) is 24.6 Å². The lowest BCUT2D eigenvalue weighted by atomic mass is 10.0.